The zero-order valence-electron chi connectivity index (χ0n) is 21.6. The van der Waals surface area contributed by atoms with E-state index in [1.54, 1.807) is 67.8 Å². The van der Waals surface area contributed by atoms with Gasteiger partial charge < -0.3 is 24.8 Å². The summed E-state index contributed by atoms with van der Waals surface area (Å²) in [5.41, 5.74) is 1.84. The molecule has 0 atom stereocenters. The number of benzene rings is 3. The quantitative estimate of drug-likeness (QED) is 0.357. The number of carbonyl (C=O) groups excluding carboxylic acids is 3. The summed E-state index contributed by atoms with van der Waals surface area (Å²) in [5, 5.41) is 6.01. The van der Waals surface area contributed by atoms with Gasteiger partial charge in [-0.1, -0.05) is 31.7 Å². The summed E-state index contributed by atoms with van der Waals surface area (Å²) >= 11 is 1.17. The number of ether oxygens (including phenoxy) is 3. The molecule has 0 saturated carbocycles. The third-order valence-electron chi connectivity index (χ3n) is 5.98. The minimum Gasteiger partial charge on any atom is -0.497 e. The first-order chi connectivity index (χ1) is 18.8. The lowest BCUT2D eigenvalue weighted by Gasteiger charge is -2.17. The summed E-state index contributed by atoms with van der Waals surface area (Å²) in [6.07, 6.45) is 0. The van der Waals surface area contributed by atoms with Crippen LogP contribution >= 0.6 is 11.8 Å². The van der Waals surface area contributed by atoms with E-state index in [9.17, 15) is 14.4 Å². The highest BCUT2D eigenvalue weighted by Gasteiger charge is 2.39. The van der Waals surface area contributed by atoms with Crippen LogP contribution in [0.15, 0.2) is 82.2 Å². The lowest BCUT2D eigenvalue weighted by molar-refractivity contribution is -0.137. The Morgan fingerprint density at radius 1 is 0.974 bits per heavy atom. The van der Waals surface area contributed by atoms with Crippen LogP contribution in [0.3, 0.4) is 0 Å². The maximum Gasteiger partial charge on any atom is 0.278 e. The Morgan fingerprint density at radius 3 is 2.49 bits per heavy atom. The fraction of sp³-hybridized carbons (Fsp3) is 0.207. The van der Waals surface area contributed by atoms with Crippen molar-refractivity contribution < 1.29 is 28.6 Å². The number of rotatable bonds is 9. The van der Waals surface area contributed by atoms with Crippen LogP contribution in [-0.2, 0) is 9.59 Å². The molecule has 0 aromatic heterocycles. The lowest BCUT2D eigenvalue weighted by atomic mass is 10.2. The average molecular weight is 546 g/mol. The van der Waals surface area contributed by atoms with Crippen LogP contribution < -0.4 is 24.8 Å². The Balaban J connectivity index is 1.38. The van der Waals surface area contributed by atoms with Gasteiger partial charge in [0, 0.05) is 28.4 Å². The zero-order valence-corrected chi connectivity index (χ0v) is 22.5. The van der Waals surface area contributed by atoms with Crippen molar-refractivity contribution in [1.29, 1.82) is 0 Å². The minimum absolute atomic E-state index is 0.110. The molecule has 2 aliphatic rings. The first-order valence-electron chi connectivity index (χ1n) is 12.3. The zero-order chi connectivity index (χ0) is 27.5. The molecular formula is C29H27N3O6S. The van der Waals surface area contributed by atoms with Gasteiger partial charge in [0.2, 0.25) is 6.79 Å². The molecule has 3 aromatic carbocycles. The van der Waals surface area contributed by atoms with Crippen LogP contribution in [0.25, 0.3) is 0 Å². The van der Waals surface area contributed by atoms with Crippen LogP contribution in [-0.4, -0.2) is 43.1 Å². The van der Waals surface area contributed by atoms with Crippen LogP contribution in [0.1, 0.15) is 24.2 Å². The Kier molecular flexibility index (Phi) is 7.47. The van der Waals surface area contributed by atoms with Gasteiger partial charge in [0.15, 0.2) is 11.5 Å². The predicted octanol–water partition coefficient (Wildman–Crippen LogP) is 5.12. The predicted molar refractivity (Wildman–Crippen MR) is 148 cm³/mol. The molecule has 0 fully saturated rings. The maximum atomic E-state index is 13.4. The second-order valence-corrected chi connectivity index (χ2v) is 10.4. The smallest absolute Gasteiger partial charge is 0.278 e. The van der Waals surface area contributed by atoms with E-state index in [1.807, 2.05) is 19.9 Å². The molecule has 3 amide bonds. The first-order valence-corrected chi connectivity index (χ1v) is 13.1. The van der Waals surface area contributed by atoms with E-state index in [2.05, 4.69) is 10.6 Å². The number of nitrogens with zero attached hydrogens (tertiary/aromatic N) is 1. The highest BCUT2D eigenvalue weighted by atomic mass is 32.2. The van der Waals surface area contributed by atoms with Gasteiger partial charge in [0.1, 0.15) is 16.4 Å². The third kappa shape index (κ3) is 5.70. The maximum absolute atomic E-state index is 13.4. The molecule has 0 saturated heterocycles. The van der Waals surface area contributed by atoms with E-state index in [0.717, 1.165) is 0 Å². The molecule has 0 unspecified atom stereocenters. The standard InChI is InChI=1S/C29H27N3O6S/c1-17(2)15-32-28(34)25(30-19-8-10-21(36-3)11-9-19)26(29(32)35)39-22-6-4-5-20(14-22)31-27(33)18-7-12-23-24(13-18)38-16-37-23/h4-14,17,30H,15-16H2,1-3H3,(H,31,33). The summed E-state index contributed by atoms with van der Waals surface area (Å²) in [6, 6.07) is 19.2. The van der Waals surface area contributed by atoms with Crippen molar-refractivity contribution in [2.45, 2.75) is 18.7 Å². The molecule has 39 heavy (non-hydrogen) atoms. The molecule has 2 aliphatic heterocycles. The molecule has 10 heteroatoms. The number of anilines is 2. The molecule has 0 radical (unpaired) electrons. The molecule has 2 N–H and O–H groups in total. The normalized spacial score (nSPS) is 14.3. The summed E-state index contributed by atoms with van der Waals surface area (Å²) in [6.45, 7) is 4.34. The molecule has 0 spiro atoms. The molecule has 200 valence electrons. The summed E-state index contributed by atoms with van der Waals surface area (Å²) in [7, 11) is 1.58. The lowest BCUT2D eigenvalue weighted by Crippen LogP contribution is -2.35. The molecule has 0 bridgehead atoms. The van der Waals surface area contributed by atoms with Crippen molar-refractivity contribution in [2.75, 3.05) is 31.1 Å². The number of nitrogens with one attached hydrogen (secondary N) is 2. The third-order valence-corrected chi connectivity index (χ3v) is 7.05. The highest BCUT2D eigenvalue weighted by molar-refractivity contribution is 8.04. The van der Waals surface area contributed by atoms with Gasteiger partial charge in [-0.15, -0.1) is 0 Å². The number of imide groups is 1. The van der Waals surface area contributed by atoms with Gasteiger partial charge in [-0.05, 0) is 66.6 Å². The second-order valence-electron chi connectivity index (χ2n) is 9.32. The fourth-order valence-electron chi connectivity index (χ4n) is 4.10. The van der Waals surface area contributed by atoms with Crippen LogP contribution in [0.5, 0.6) is 17.2 Å². The van der Waals surface area contributed by atoms with Gasteiger partial charge >= 0.3 is 0 Å². The summed E-state index contributed by atoms with van der Waals surface area (Å²) in [5.74, 6) is 0.861. The number of methoxy groups -OCH3 is 1. The molecule has 5 rings (SSSR count). The van der Waals surface area contributed by atoms with Crippen molar-refractivity contribution in [3.63, 3.8) is 0 Å². The topological polar surface area (TPSA) is 106 Å². The number of thioether (sulfide) groups is 1. The first kappa shape index (κ1) is 26.2. The molecule has 0 aliphatic carbocycles. The minimum atomic E-state index is -0.376. The van der Waals surface area contributed by atoms with E-state index >= 15 is 0 Å². The monoisotopic (exact) mass is 545 g/mol. The van der Waals surface area contributed by atoms with E-state index in [1.165, 1.54) is 16.7 Å². The number of hydrogen-bond donors (Lipinski definition) is 2. The van der Waals surface area contributed by atoms with Crippen molar-refractivity contribution in [1.82, 2.24) is 4.90 Å². The van der Waals surface area contributed by atoms with Crippen molar-refractivity contribution in [2.24, 2.45) is 5.92 Å². The average Bonchev–Trinajstić information content (AvgIpc) is 3.48. The number of amides is 3. The van der Waals surface area contributed by atoms with Gasteiger partial charge in [-0.3, -0.25) is 19.3 Å². The Bertz CT molecular complexity index is 1470. The summed E-state index contributed by atoms with van der Waals surface area (Å²) in [4.78, 5) is 41.8. The van der Waals surface area contributed by atoms with E-state index in [0.29, 0.717) is 45.6 Å². The van der Waals surface area contributed by atoms with Crippen LogP contribution in [0, 0.1) is 5.92 Å². The molecular weight excluding hydrogens is 518 g/mol. The van der Waals surface area contributed by atoms with Crippen molar-refractivity contribution in [3.05, 3.63) is 82.9 Å². The van der Waals surface area contributed by atoms with Gasteiger partial charge in [-0.2, -0.15) is 0 Å². The second kappa shape index (κ2) is 11.1. The Morgan fingerprint density at radius 2 is 1.74 bits per heavy atom. The number of fused-ring (bicyclic) bond motifs is 1. The Hall–Kier alpha value is -4.44. The number of carbonyl (C=O) groups is 3. The van der Waals surface area contributed by atoms with E-state index in [4.69, 9.17) is 14.2 Å². The van der Waals surface area contributed by atoms with Gasteiger partial charge in [0.05, 0.1) is 7.11 Å². The molecule has 3 aromatic rings. The summed E-state index contributed by atoms with van der Waals surface area (Å²) < 4.78 is 15.9. The van der Waals surface area contributed by atoms with Crippen molar-refractivity contribution >= 4 is 40.9 Å². The highest BCUT2D eigenvalue weighted by Crippen LogP contribution is 2.37. The number of hydrogen-bond acceptors (Lipinski definition) is 8. The fourth-order valence-corrected chi connectivity index (χ4v) is 5.11. The SMILES string of the molecule is COc1ccc(NC2=C(Sc3cccc(NC(=O)c4ccc5c(c4)OCO5)c3)C(=O)N(CC(C)C)C2=O)cc1. The molecule has 2 heterocycles. The Labute approximate surface area is 230 Å². The van der Waals surface area contributed by atoms with Gasteiger partial charge in [0.25, 0.3) is 17.7 Å². The van der Waals surface area contributed by atoms with E-state index < -0.39 is 0 Å². The largest absolute Gasteiger partial charge is 0.497 e. The van der Waals surface area contributed by atoms with Gasteiger partial charge in [-0.25, -0.2) is 0 Å². The van der Waals surface area contributed by atoms with E-state index in [-0.39, 0.29) is 41.0 Å². The van der Waals surface area contributed by atoms with Crippen LogP contribution in [0.4, 0.5) is 11.4 Å². The van der Waals surface area contributed by atoms with Crippen LogP contribution in [0.2, 0.25) is 0 Å². The molecule has 9 nitrogen and oxygen atoms in total. The van der Waals surface area contributed by atoms with Crippen molar-refractivity contribution in [3.8, 4) is 17.2 Å².